The molecular formula is C19H23ClN2O5S2. The summed E-state index contributed by atoms with van der Waals surface area (Å²) >= 11 is 5.98. The molecule has 0 radical (unpaired) electrons. The number of hydrogen-bond donors (Lipinski definition) is 2. The number of nitrogens with one attached hydrogen (secondary N) is 2. The van der Waals surface area contributed by atoms with E-state index in [1.165, 1.54) is 30.3 Å². The van der Waals surface area contributed by atoms with Crippen LogP contribution in [0.3, 0.4) is 0 Å². The van der Waals surface area contributed by atoms with E-state index in [9.17, 15) is 21.6 Å². The molecule has 0 saturated heterocycles. The highest BCUT2D eigenvalue weighted by atomic mass is 35.5. The average Bonchev–Trinajstić information content (AvgIpc) is 2.63. The lowest BCUT2D eigenvalue weighted by molar-refractivity contribution is -0.113. The molecular weight excluding hydrogens is 436 g/mol. The largest absolute Gasteiger partial charge is 0.325 e. The van der Waals surface area contributed by atoms with Gasteiger partial charge in [0.05, 0.1) is 21.4 Å². The minimum Gasteiger partial charge on any atom is -0.325 e. The second kappa shape index (κ2) is 10.1. The first kappa shape index (κ1) is 23.2. The minimum atomic E-state index is -3.95. The van der Waals surface area contributed by atoms with Gasteiger partial charge in [0.2, 0.25) is 5.91 Å². The van der Waals surface area contributed by atoms with E-state index in [-0.39, 0.29) is 27.0 Å². The van der Waals surface area contributed by atoms with Crippen LogP contribution < -0.4 is 10.0 Å². The zero-order valence-electron chi connectivity index (χ0n) is 15.9. The summed E-state index contributed by atoms with van der Waals surface area (Å²) < 4.78 is 51.5. The molecule has 0 unspecified atom stereocenters. The minimum absolute atomic E-state index is 0.0512. The van der Waals surface area contributed by atoms with Gasteiger partial charge in [-0.1, -0.05) is 49.6 Å². The quantitative estimate of drug-likeness (QED) is 0.527. The Morgan fingerprint density at radius 2 is 1.72 bits per heavy atom. The lowest BCUT2D eigenvalue weighted by atomic mass is 10.3. The van der Waals surface area contributed by atoms with Crippen molar-refractivity contribution in [2.24, 2.45) is 0 Å². The van der Waals surface area contributed by atoms with E-state index < -0.39 is 31.5 Å². The zero-order valence-corrected chi connectivity index (χ0v) is 18.3. The molecule has 0 fully saturated rings. The molecule has 29 heavy (non-hydrogen) atoms. The maximum absolute atomic E-state index is 12.6. The molecule has 2 aromatic rings. The second-order valence-electron chi connectivity index (χ2n) is 6.46. The van der Waals surface area contributed by atoms with Gasteiger partial charge in [0.25, 0.3) is 10.0 Å². The molecule has 0 saturated carbocycles. The lowest BCUT2D eigenvalue weighted by Crippen LogP contribution is -2.25. The van der Waals surface area contributed by atoms with Crippen molar-refractivity contribution < 1.29 is 21.6 Å². The van der Waals surface area contributed by atoms with Crippen LogP contribution in [0.25, 0.3) is 0 Å². The van der Waals surface area contributed by atoms with Gasteiger partial charge < -0.3 is 5.32 Å². The van der Waals surface area contributed by atoms with Crippen LogP contribution in [-0.2, 0) is 24.7 Å². The highest BCUT2D eigenvalue weighted by Crippen LogP contribution is 2.25. The van der Waals surface area contributed by atoms with Crippen LogP contribution in [0.5, 0.6) is 0 Å². The van der Waals surface area contributed by atoms with Crippen LogP contribution >= 0.6 is 11.6 Å². The fraction of sp³-hybridized carbons (Fsp3) is 0.316. The van der Waals surface area contributed by atoms with Gasteiger partial charge in [0.1, 0.15) is 5.75 Å². The lowest BCUT2D eigenvalue weighted by Gasteiger charge is -2.11. The topological polar surface area (TPSA) is 109 Å². The van der Waals surface area contributed by atoms with Gasteiger partial charge in [-0.2, -0.15) is 0 Å². The van der Waals surface area contributed by atoms with Crippen LogP contribution in [-0.4, -0.2) is 34.2 Å². The first-order valence-corrected chi connectivity index (χ1v) is 12.7. The standard InChI is InChI=1S/C19H23ClN2O5S2/c1-2-3-6-12-28(24,25)14-19(23)21-15-8-7-9-16(13-15)29(26,27)22-18-11-5-4-10-17(18)20/h4-5,7-11,13,22H,2-3,6,12,14H2,1H3,(H,21,23). The van der Waals surface area contributed by atoms with Crippen LogP contribution in [0.2, 0.25) is 5.02 Å². The Labute approximate surface area is 176 Å². The molecule has 158 valence electrons. The van der Waals surface area contributed by atoms with Crippen LogP contribution in [0.1, 0.15) is 26.2 Å². The molecule has 0 heterocycles. The Kier molecular flexibility index (Phi) is 8.06. The number of para-hydroxylation sites is 1. The number of sulfone groups is 1. The predicted octanol–water partition coefficient (Wildman–Crippen LogP) is 3.68. The summed E-state index contributed by atoms with van der Waals surface area (Å²) in [4.78, 5) is 12.0. The molecule has 0 aliphatic carbocycles. The molecule has 0 bridgehead atoms. The van der Waals surface area contributed by atoms with E-state index in [0.29, 0.717) is 6.42 Å². The summed E-state index contributed by atoms with van der Waals surface area (Å²) in [5.41, 5.74) is 0.405. The van der Waals surface area contributed by atoms with Gasteiger partial charge in [-0.15, -0.1) is 0 Å². The maximum atomic E-state index is 12.6. The number of halogens is 1. The first-order valence-electron chi connectivity index (χ1n) is 9.00. The normalized spacial score (nSPS) is 11.8. The Balaban J connectivity index is 2.09. The van der Waals surface area contributed by atoms with Gasteiger partial charge in [0, 0.05) is 5.69 Å². The summed E-state index contributed by atoms with van der Waals surface area (Å²) in [5.74, 6) is -1.41. The molecule has 2 N–H and O–H groups in total. The van der Waals surface area contributed by atoms with Crippen LogP contribution in [0.4, 0.5) is 11.4 Å². The Morgan fingerprint density at radius 3 is 2.41 bits per heavy atom. The highest BCUT2D eigenvalue weighted by molar-refractivity contribution is 7.92. The van der Waals surface area contributed by atoms with E-state index in [1.54, 1.807) is 18.2 Å². The number of unbranched alkanes of at least 4 members (excludes halogenated alkanes) is 2. The number of amides is 1. The fourth-order valence-corrected chi connectivity index (χ4v) is 5.15. The van der Waals surface area contributed by atoms with E-state index >= 15 is 0 Å². The van der Waals surface area contributed by atoms with Crippen LogP contribution in [0.15, 0.2) is 53.4 Å². The molecule has 7 nitrogen and oxygen atoms in total. The summed E-state index contributed by atoms with van der Waals surface area (Å²) in [6.07, 6.45) is 2.16. The van der Waals surface area contributed by atoms with E-state index in [1.807, 2.05) is 6.92 Å². The van der Waals surface area contributed by atoms with Gasteiger partial charge in [-0.05, 0) is 36.8 Å². The number of carbonyl (C=O) groups excluding carboxylic acids is 1. The SMILES string of the molecule is CCCCCS(=O)(=O)CC(=O)Nc1cccc(S(=O)(=O)Nc2ccccc2Cl)c1. The molecule has 0 aliphatic heterocycles. The monoisotopic (exact) mass is 458 g/mol. The molecule has 1 amide bonds. The van der Waals surface area contributed by atoms with E-state index in [4.69, 9.17) is 11.6 Å². The summed E-state index contributed by atoms with van der Waals surface area (Å²) in [6.45, 7) is 1.96. The van der Waals surface area contributed by atoms with Gasteiger partial charge in [-0.3, -0.25) is 9.52 Å². The first-order chi connectivity index (χ1) is 13.6. The summed E-state index contributed by atoms with van der Waals surface area (Å²) in [6, 6.07) is 11.9. The van der Waals surface area contributed by atoms with Gasteiger partial charge in [-0.25, -0.2) is 16.8 Å². The average molecular weight is 459 g/mol. The molecule has 2 rings (SSSR count). The third-order valence-corrected chi connectivity index (χ3v) is 7.26. The van der Waals surface area contributed by atoms with Crippen molar-refractivity contribution in [2.45, 2.75) is 31.1 Å². The van der Waals surface area contributed by atoms with Crippen molar-refractivity contribution in [3.05, 3.63) is 53.6 Å². The van der Waals surface area contributed by atoms with Crippen molar-refractivity contribution in [3.63, 3.8) is 0 Å². The number of hydrogen-bond acceptors (Lipinski definition) is 5. The molecule has 0 atom stereocenters. The van der Waals surface area contributed by atoms with Crippen molar-refractivity contribution in [2.75, 3.05) is 21.5 Å². The number of sulfonamides is 1. The van der Waals surface area contributed by atoms with E-state index in [2.05, 4.69) is 10.0 Å². The fourth-order valence-electron chi connectivity index (χ4n) is 2.53. The Hall–Kier alpha value is -2.10. The number of rotatable bonds is 10. The summed E-state index contributed by atoms with van der Waals surface area (Å²) in [5, 5.41) is 2.68. The summed E-state index contributed by atoms with van der Waals surface area (Å²) in [7, 11) is -7.46. The number of carbonyl (C=O) groups is 1. The van der Waals surface area contributed by atoms with Crippen molar-refractivity contribution >= 4 is 48.7 Å². The molecule has 10 heteroatoms. The van der Waals surface area contributed by atoms with Gasteiger partial charge >= 0.3 is 0 Å². The third-order valence-electron chi connectivity index (χ3n) is 3.96. The van der Waals surface area contributed by atoms with E-state index in [0.717, 1.165) is 12.8 Å². The Bertz CT molecular complexity index is 1070. The van der Waals surface area contributed by atoms with Crippen molar-refractivity contribution in [1.82, 2.24) is 0 Å². The highest BCUT2D eigenvalue weighted by Gasteiger charge is 2.19. The number of benzene rings is 2. The number of anilines is 2. The smallest absolute Gasteiger partial charge is 0.262 e. The Morgan fingerprint density at radius 1 is 1.00 bits per heavy atom. The van der Waals surface area contributed by atoms with Crippen LogP contribution in [0, 0.1) is 0 Å². The predicted molar refractivity (Wildman–Crippen MR) is 116 cm³/mol. The zero-order chi connectivity index (χ0) is 21.5. The molecule has 0 spiro atoms. The molecule has 2 aromatic carbocycles. The third kappa shape index (κ3) is 7.34. The van der Waals surface area contributed by atoms with Gasteiger partial charge in [0.15, 0.2) is 9.84 Å². The molecule has 0 aromatic heterocycles. The van der Waals surface area contributed by atoms with Crippen molar-refractivity contribution in [1.29, 1.82) is 0 Å². The maximum Gasteiger partial charge on any atom is 0.262 e. The molecule has 0 aliphatic rings. The second-order valence-corrected chi connectivity index (χ2v) is 10.7. The van der Waals surface area contributed by atoms with Crippen molar-refractivity contribution in [3.8, 4) is 0 Å².